The van der Waals surface area contributed by atoms with E-state index in [1.165, 1.54) is 0 Å². The van der Waals surface area contributed by atoms with Crippen molar-refractivity contribution >= 4 is 17.6 Å². The van der Waals surface area contributed by atoms with Gasteiger partial charge in [0.15, 0.2) is 6.29 Å². The minimum absolute atomic E-state index is 0.111. The third kappa shape index (κ3) is 6.88. The second-order valence-corrected chi connectivity index (χ2v) is 3.11. The summed E-state index contributed by atoms with van der Waals surface area (Å²) in [7, 11) is 0. The van der Waals surface area contributed by atoms with Crippen LogP contribution in [0.2, 0.25) is 0 Å². The van der Waals surface area contributed by atoms with E-state index in [1.54, 1.807) is 6.92 Å². The number of ether oxygens (including phenoxy) is 2. The first-order chi connectivity index (χ1) is 6.57. The first kappa shape index (κ1) is 13.4. The van der Waals surface area contributed by atoms with E-state index in [1.807, 2.05) is 0 Å². The SMILES string of the molecule is C=C(C)C(O)OCCOC(=O)CCCl. The van der Waals surface area contributed by atoms with Crippen LogP contribution in [-0.2, 0) is 14.3 Å². The van der Waals surface area contributed by atoms with E-state index in [9.17, 15) is 4.79 Å². The molecule has 0 radical (unpaired) electrons. The molecule has 0 fully saturated rings. The second-order valence-electron chi connectivity index (χ2n) is 2.73. The molecule has 0 aliphatic carbocycles. The lowest BCUT2D eigenvalue weighted by Gasteiger charge is -2.11. The number of aliphatic hydroxyl groups is 1. The van der Waals surface area contributed by atoms with Crippen molar-refractivity contribution < 1.29 is 19.4 Å². The molecule has 82 valence electrons. The predicted molar refractivity (Wildman–Crippen MR) is 53.1 cm³/mol. The lowest BCUT2D eigenvalue weighted by molar-refractivity contribution is -0.148. The van der Waals surface area contributed by atoms with Gasteiger partial charge in [0, 0.05) is 5.88 Å². The number of halogens is 1. The van der Waals surface area contributed by atoms with E-state index in [2.05, 4.69) is 6.58 Å². The summed E-state index contributed by atoms with van der Waals surface area (Å²) in [6.07, 6.45) is -0.813. The molecule has 0 saturated heterocycles. The summed E-state index contributed by atoms with van der Waals surface area (Å²) in [6, 6.07) is 0. The average molecular weight is 223 g/mol. The zero-order chi connectivity index (χ0) is 11.0. The average Bonchev–Trinajstić information content (AvgIpc) is 2.12. The van der Waals surface area contributed by atoms with Crippen molar-refractivity contribution in [1.29, 1.82) is 0 Å². The van der Waals surface area contributed by atoms with Gasteiger partial charge in [-0.05, 0) is 12.5 Å². The molecule has 4 nitrogen and oxygen atoms in total. The molecule has 14 heavy (non-hydrogen) atoms. The number of aliphatic hydroxyl groups excluding tert-OH is 1. The number of esters is 1. The maximum atomic E-state index is 10.8. The van der Waals surface area contributed by atoms with Crippen LogP contribution in [0.15, 0.2) is 12.2 Å². The Morgan fingerprint density at radius 2 is 2.21 bits per heavy atom. The molecule has 0 aromatic carbocycles. The van der Waals surface area contributed by atoms with Crippen molar-refractivity contribution in [2.45, 2.75) is 19.6 Å². The molecule has 0 amide bonds. The van der Waals surface area contributed by atoms with Crippen molar-refractivity contribution in [3.63, 3.8) is 0 Å². The molecule has 0 spiro atoms. The summed E-state index contributed by atoms with van der Waals surface area (Å²) in [5.41, 5.74) is 0.511. The third-order valence-corrected chi connectivity index (χ3v) is 1.53. The van der Waals surface area contributed by atoms with Crippen LogP contribution >= 0.6 is 11.6 Å². The van der Waals surface area contributed by atoms with Gasteiger partial charge in [0.05, 0.1) is 13.0 Å². The predicted octanol–water partition coefficient (Wildman–Crippen LogP) is 1.07. The fourth-order valence-corrected chi connectivity index (χ4v) is 0.761. The van der Waals surface area contributed by atoms with Crippen LogP contribution in [0.25, 0.3) is 0 Å². The van der Waals surface area contributed by atoms with E-state index in [4.69, 9.17) is 26.2 Å². The molecule has 0 rings (SSSR count). The van der Waals surface area contributed by atoms with Gasteiger partial charge in [-0.1, -0.05) is 6.58 Å². The summed E-state index contributed by atoms with van der Waals surface area (Å²) < 4.78 is 9.60. The Morgan fingerprint density at radius 3 is 2.71 bits per heavy atom. The standard InChI is InChI=1S/C9H15ClO4/c1-7(2)9(12)14-6-5-13-8(11)3-4-10/h9,12H,1,3-6H2,2H3. The highest BCUT2D eigenvalue weighted by Crippen LogP contribution is 1.99. The Labute approximate surface area is 88.5 Å². The number of hydrogen-bond acceptors (Lipinski definition) is 4. The van der Waals surface area contributed by atoms with E-state index >= 15 is 0 Å². The van der Waals surface area contributed by atoms with Crippen molar-refractivity contribution in [2.24, 2.45) is 0 Å². The number of hydrogen-bond donors (Lipinski definition) is 1. The highest BCUT2D eigenvalue weighted by molar-refractivity contribution is 6.18. The highest BCUT2D eigenvalue weighted by Gasteiger charge is 2.05. The zero-order valence-electron chi connectivity index (χ0n) is 8.16. The van der Waals surface area contributed by atoms with E-state index in [-0.39, 0.29) is 31.5 Å². The monoisotopic (exact) mass is 222 g/mol. The topological polar surface area (TPSA) is 55.8 Å². The van der Waals surface area contributed by atoms with Crippen molar-refractivity contribution in [3.05, 3.63) is 12.2 Å². The van der Waals surface area contributed by atoms with Gasteiger partial charge in [-0.2, -0.15) is 0 Å². The molecule has 0 heterocycles. The van der Waals surface area contributed by atoms with Crippen LogP contribution in [0, 0.1) is 0 Å². The van der Waals surface area contributed by atoms with Crippen LogP contribution in [-0.4, -0.2) is 36.5 Å². The van der Waals surface area contributed by atoms with Gasteiger partial charge in [-0.15, -0.1) is 11.6 Å². The number of carbonyl (C=O) groups is 1. The molecule has 0 aromatic heterocycles. The molecule has 1 N–H and O–H groups in total. The molecule has 0 aliphatic rings. The molecule has 0 bridgehead atoms. The number of carbonyl (C=O) groups excluding carboxylic acids is 1. The second kappa shape index (κ2) is 7.79. The highest BCUT2D eigenvalue weighted by atomic mass is 35.5. The van der Waals surface area contributed by atoms with Gasteiger partial charge in [0.1, 0.15) is 6.61 Å². The van der Waals surface area contributed by atoms with Gasteiger partial charge >= 0.3 is 5.97 Å². The van der Waals surface area contributed by atoms with E-state index < -0.39 is 6.29 Å². The maximum Gasteiger partial charge on any atom is 0.307 e. The number of alkyl halides is 1. The lowest BCUT2D eigenvalue weighted by atomic mass is 10.3. The molecule has 1 unspecified atom stereocenters. The Balaban J connectivity index is 3.37. The molecule has 1 atom stereocenters. The zero-order valence-corrected chi connectivity index (χ0v) is 8.92. The molecule has 0 aliphatic heterocycles. The minimum Gasteiger partial charge on any atom is -0.463 e. The van der Waals surface area contributed by atoms with Crippen molar-refractivity contribution in [1.82, 2.24) is 0 Å². The largest absolute Gasteiger partial charge is 0.463 e. The number of rotatable bonds is 7. The summed E-state index contributed by atoms with van der Waals surface area (Å²) in [5.74, 6) is -0.123. The third-order valence-electron chi connectivity index (χ3n) is 1.34. The quantitative estimate of drug-likeness (QED) is 0.230. The summed E-state index contributed by atoms with van der Waals surface area (Å²) >= 11 is 5.32. The smallest absolute Gasteiger partial charge is 0.307 e. The first-order valence-corrected chi connectivity index (χ1v) is 4.78. The maximum absolute atomic E-state index is 10.8. The Hall–Kier alpha value is -0.580. The van der Waals surface area contributed by atoms with Crippen LogP contribution in [0.1, 0.15) is 13.3 Å². The summed E-state index contributed by atoms with van der Waals surface area (Å²) in [6.45, 7) is 5.39. The molecular weight excluding hydrogens is 208 g/mol. The fourth-order valence-electron chi connectivity index (χ4n) is 0.607. The summed E-state index contributed by atoms with van der Waals surface area (Å²) in [5, 5.41) is 9.11. The van der Waals surface area contributed by atoms with Gasteiger partial charge in [0.25, 0.3) is 0 Å². The Kier molecular flexibility index (Phi) is 7.47. The van der Waals surface area contributed by atoms with Crippen LogP contribution in [0.5, 0.6) is 0 Å². The molecule has 0 aromatic rings. The van der Waals surface area contributed by atoms with E-state index in [0.29, 0.717) is 5.57 Å². The normalized spacial score (nSPS) is 12.2. The minimum atomic E-state index is -0.998. The lowest BCUT2D eigenvalue weighted by Crippen LogP contribution is -2.18. The Bertz CT molecular complexity index is 193. The molecular formula is C9H15ClO4. The van der Waals surface area contributed by atoms with Crippen molar-refractivity contribution in [3.8, 4) is 0 Å². The first-order valence-electron chi connectivity index (χ1n) is 4.24. The molecule has 5 heteroatoms. The van der Waals surface area contributed by atoms with Gasteiger partial charge in [0.2, 0.25) is 0 Å². The van der Waals surface area contributed by atoms with Crippen LogP contribution in [0.4, 0.5) is 0 Å². The fraction of sp³-hybridized carbons (Fsp3) is 0.667. The van der Waals surface area contributed by atoms with Gasteiger partial charge < -0.3 is 14.6 Å². The van der Waals surface area contributed by atoms with Crippen LogP contribution in [0.3, 0.4) is 0 Å². The summed E-state index contributed by atoms with van der Waals surface area (Å²) in [4.78, 5) is 10.8. The molecule has 0 saturated carbocycles. The van der Waals surface area contributed by atoms with E-state index in [0.717, 1.165) is 0 Å². The Morgan fingerprint density at radius 1 is 1.57 bits per heavy atom. The van der Waals surface area contributed by atoms with Crippen molar-refractivity contribution in [2.75, 3.05) is 19.1 Å². The van der Waals surface area contributed by atoms with Gasteiger partial charge in [-0.25, -0.2) is 0 Å². The van der Waals surface area contributed by atoms with Gasteiger partial charge in [-0.3, -0.25) is 4.79 Å². The van der Waals surface area contributed by atoms with Crippen LogP contribution < -0.4 is 0 Å².